The van der Waals surface area contributed by atoms with Gasteiger partial charge in [-0.1, -0.05) is 33.5 Å². The molecule has 2 rings (SSSR count). The van der Waals surface area contributed by atoms with Crippen LogP contribution in [-0.2, 0) is 4.79 Å². The summed E-state index contributed by atoms with van der Waals surface area (Å²) >= 11 is 0. The molecule has 0 spiro atoms. The fraction of sp³-hybridized carbons (Fsp3) is 0.818. The van der Waals surface area contributed by atoms with E-state index < -0.39 is 8.07 Å². The van der Waals surface area contributed by atoms with Crippen molar-refractivity contribution in [1.29, 1.82) is 0 Å². The average molecular weight is 240 g/mol. The minimum atomic E-state index is -1.67. The minimum absolute atomic E-state index is 0.00733. The predicted molar refractivity (Wildman–Crippen MR) is 64.9 cm³/mol. The van der Waals surface area contributed by atoms with Crippen molar-refractivity contribution in [3.63, 3.8) is 0 Å². The van der Waals surface area contributed by atoms with E-state index >= 15 is 0 Å². The summed E-state index contributed by atoms with van der Waals surface area (Å²) in [6.07, 6.45) is 0.881. The highest BCUT2D eigenvalue weighted by atomic mass is 28.3. The van der Waals surface area contributed by atoms with Crippen molar-refractivity contribution in [3.8, 4) is 0 Å². The standard InChI is InChI=1S/C11H20N2O2Si/c1-10(2)6-11(16(3,4)5)7(10)12-9(15)13-8(11)14/h7H,6H2,1-5H3,(H2,12,13,14,15). The summed E-state index contributed by atoms with van der Waals surface area (Å²) in [5.41, 5.74) is 0.0354. The van der Waals surface area contributed by atoms with Crippen molar-refractivity contribution in [2.45, 2.75) is 51.0 Å². The maximum atomic E-state index is 12.2. The third-order valence-corrected chi connectivity index (χ3v) is 7.62. The Morgan fingerprint density at radius 2 is 1.81 bits per heavy atom. The molecule has 5 heteroatoms. The molecule has 0 aromatic heterocycles. The van der Waals surface area contributed by atoms with Gasteiger partial charge in [0.25, 0.3) is 0 Å². The second-order valence-corrected chi connectivity index (χ2v) is 12.1. The summed E-state index contributed by atoms with van der Waals surface area (Å²) in [6, 6.07) is -0.329. The third-order valence-electron chi connectivity index (χ3n) is 4.25. The molecule has 1 aliphatic heterocycles. The number of amides is 3. The average Bonchev–Trinajstić information content (AvgIpc) is 2.07. The van der Waals surface area contributed by atoms with E-state index in [-0.39, 0.29) is 28.4 Å². The summed E-state index contributed by atoms with van der Waals surface area (Å²) in [5.74, 6) is -0.0558. The number of carbonyl (C=O) groups is 2. The van der Waals surface area contributed by atoms with Gasteiger partial charge in [0.1, 0.15) is 0 Å². The molecule has 0 bridgehead atoms. The second kappa shape index (κ2) is 2.88. The van der Waals surface area contributed by atoms with Gasteiger partial charge < -0.3 is 5.32 Å². The minimum Gasteiger partial charge on any atom is -0.334 e. The van der Waals surface area contributed by atoms with Gasteiger partial charge in [-0.15, -0.1) is 0 Å². The molecule has 4 nitrogen and oxygen atoms in total. The number of urea groups is 1. The molecule has 0 aromatic carbocycles. The van der Waals surface area contributed by atoms with Crippen LogP contribution in [0.4, 0.5) is 4.79 Å². The van der Waals surface area contributed by atoms with Crippen LogP contribution < -0.4 is 10.6 Å². The van der Waals surface area contributed by atoms with Crippen LogP contribution in [-0.4, -0.2) is 26.1 Å². The highest BCUT2D eigenvalue weighted by Crippen LogP contribution is 2.65. The van der Waals surface area contributed by atoms with Gasteiger partial charge in [0.2, 0.25) is 5.91 Å². The summed E-state index contributed by atoms with van der Waals surface area (Å²) in [4.78, 5) is 23.6. The number of fused-ring (bicyclic) bond motifs is 1. The summed E-state index contributed by atoms with van der Waals surface area (Å²) in [5, 5.41) is 5.07. The maximum absolute atomic E-state index is 12.2. The fourth-order valence-electron chi connectivity index (χ4n) is 3.41. The van der Waals surface area contributed by atoms with Crippen LogP contribution in [0.5, 0.6) is 0 Å². The van der Waals surface area contributed by atoms with Crippen LogP contribution >= 0.6 is 0 Å². The van der Waals surface area contributed by atoms with Gasteiger partial charge in [-0.3, -0.25) is 10.1 Å². The molecular formula is C11H20N2O2Si. The molecule has 2 N–H and O–H groups in total. The van der Waals surface area contributed by atoms with Gasteiger partial charge in [0.15, 0.2) is 0 Å². The van der Waals surface area contributed by atoms with Gasteiger partial charge in [-0.25, -0.2) is 4.79 Å². The van der Waals surface area contributed by atoms with Gasteiger partial charge >= 0.3 is 6.03 Å². The van der Waals surface area contributed by atoms with Gasteiger partial charge in [0.05, 0.1) is 13.1 Å². The maximum Gasteiger partial charge on any atom is 0.321 e. The molecule has 1 saturated carbocycles. The molecule has 1 aliphatic carbocycles. The molecule has 90 valence electrons. The van der Waals surface area contributed by atoms with Gasteiger partial charge in [-0.05, 0) is 11.8 Å². The smallest absolute Gasteiger partial charge is 0.321 e. The zero-order chi connectivity index (χ0) is 12.4. The molecule has 0 aromatic rings. The summed E-state index contributed by atoms with van der Waals surface area (Å²) in [6.45, 7) is 10.8. The van der Waals surface area contributed by atoms with E-state index in [2.05, 4.69) is 44.1 Å². The van der Waals surface area contributed by atoms with E-state index in [9.17, 15) is 9.59 Å². The zero-order valence-corrected chi connectivity index (χ0v) is 11.6. The van der Waals surface area contributed by atoms with Gasteiger partial charge in [-0.2, -0.15) is 0 Å². The van der Waals surface area contributed by atoms with E-state index in [1.807, 2.05) is 0 Å². The molecule has 2 unspecified atom stereocenters. The topological polar surface area (TPSA) is 58.2 Å². The van der Waals surface area contributed by atoms with Crippen molar-refractivity contribution >= 4 is 20.0 Å². The molecule has 2 aliphatic rings. The number of imide groups is 1. The zero-order valence-electron chi connectivity index (χ0n) is 10.6. The Morgan fingerprint density at radius 3 is 2.25 bits per heavy atom. The fourth-order valence-corrected chi connectivity index (χ4v) is 6.47. The van der Waals surface area contributed by atoms with Crippen molar-refractivity contribution in [3.05, 3.63) is 0 Å². The molecule has 1 saturated heterocycles. The SMILES string of the molecule is CC1(C)CC2([Si](C)(C)C)C(=O)NC(=O)NC12. The first-order chi connectivity index (χ1) is 7.11. The van der Waals surface area contributed by atoms with Crippen molar-refractivity contribution in [1.82, 2.24) is 10.6 Å². The van der Waals surface area contributed by atoms with Crippen LogP contribution in [0.1, 0.15) is 20.3 Å². The Morgan fingerprint density at radius 1 is 1.25 bits per heavy atom. The van der Waals surface area contributed by atoms with E-state index in [1.165, 1.54) is 0 Å². The van der Waals surface area contributed by atoms with Crippen LogP contribution in [0, 0.1) is 5.41 Å². The first kappa shape index (κ1) is 11.6. The lowest BCUT2D eigenvalue weighted by atomic mass is 9.58. The van der Waals surface area contributed by atoms with Crippen LogP contribution in [0.15, 0.2) is 0 Å². The largest absolute Gasteiger partial charge is 0.334 e. The molecule has 2 atom stereocenters. The van der Waals surface area contributed by atoms with Crippen LogP contribution in [0.25, 0.3) is 0 Å². The van der Waals surface area contributed by atoms with Crippen LogP contribution in [0.2, 0.25) is 24.7 Å². The van der Waals surface area contributed by atoms with Crippen LogP contribution in [0.3, 0.4) is 0 Å². The van der Waals surface area contributed by atoms with Gasteiger partial charge in [0, 0.05) is 6.04 Å². The number of hydrogen-bond donors (Lipinski definition) is 2. The molecule has 16 heavy (non-hydrogen) atoms. The molecule has 0 radical (unpaired) electrons. The highest BCUT2D eigenvalue weighted by molar-refractivity contribution is 6.83. The third kappa shape index (κ3) is 1.21. The summed E-state index contributed by atoms with van der Waals surface area (Å²) < 4.78 is 0. The number of carbonyl (C=O) groups excluding carboxylic acids is 2. The molecule has 3 amide bonds. The van der Waals surface area contributed by atoms with Crippen molar-refractivity contribution in [2.75, 3.05) is 0 Å². The molecule has 2 fully saturated rings. The lowest BCUT2D eigenvalue weighted by molar-refractivity contribution is -0.134. The monoisotopic (exact) mass is 240 g/mol. The molecule has 1 heterocycles. The first-order valence-corrected chi connectivity index (χ1v) is 9.23. The predicted octanol–water partition coefficient (Wildman–Crippen LogP) is 1.70. The number of nitrogens with one attached hydrogen (secondary N) is 2. The lowest BCUT2D eigenvalue weighted by Gasteiger charge is -2.65. The summed E-state index contributed by atoms with van der Waals surface area (Å²) in [7, 11) is -1.67. The number of hydrogen-bond acceptors (Lipinski definition) is 2. The Hall–Kier alpha value is -0.843. The Balaban J connectivity index is 2.44. The van der Waals surface area contributed by atoms with E-state index in [0.717, 1.165) is 6.42 Å². The van der Waals surface area contributed by atoms with E-state index in [4.69, 9.17) is 0 Å². The second-order valence-electron chi connectivity index (χ2n) is 6.75. The Bertz CT molecular complexity index is 373. The Kier molecular flexibility index (Phi) is 2.10. The van der Waals surface area contributed by atoms with E-state index in [0.29, 0.717) is 0 Å². The quantitative estimate of drug-likeness (QED) is 0.685. The normalized spacial score (nSPS) is 36.9. The number of rotatable bonds is 1. The van der Waals surface area contributed by atoms with Crippen molar-refractivity contribution in [2.24, 2.45) is 5.41 Å². The lowest BCUT2D eigenvalue weighted by Crippen LogP contribution is -2.78. The Labute approximate surface area is 97.2 Å². The first-order valence-electron chi connectivity index (χ1n) is 5.73. The van der Waals surface area contributed by atoms with Crippen molar-refractivity contribution < 1.29 is 9.59 Å². The van der Waals surface area contributed by atoms with E-state index in [1.54, 1.807) is 0 Å². The highest BCUT2D eigenvalue weighted by Gasteiger charge is 2.70. The molecular weight excluding hydrogens is 220 g/mol.